The van der Waals surface area contributed by atoms with Crippen molar-refractivity contribution in [3.8, 4) is 5.75 Å². The summed E-state index contributed by atoms with van der Waals surface area (Å²) < 4.78 is 19.1. The highest BCUT2D eigenvalue weighted by Crippen LogP contribution is 2.27. The number of hydrogen-bond donors (Lipinski definition) is 1. The average Bonchev–Trinajstić information content (AvgIpc) is 2.28. The lowest BCUT2D eigenvalue weighted by atomic mass is 9.93. The van der Waals surface area contributed by atoms with Crippen LogP contribution in [0.25, 0.3) is 0 Å². The molecular weight excluding hydrogens is 229 g/mol. The summed E-state index contributed by atoms with van der Waals surface area (Å²) in [6.07, 6.45) is 0.970. The molecule has 1 aromatic carbocycles. The molecule has 1 atom stereocenters. The van der Waals surface area contributed by atoms with Gasteiger partial charge in [0.1, 0.15) is 11.6 Å². The molecule has 1 rings (SSSR count). The first-order chi connectivity index (χ1) is 8.33. The Morgan fingerprint density at radius 3 is 2.56 bits per heavy atom. The van der Waals surface area contributed by atoms with Gasteiger partial charge in [-0.1, -0.05) is 20.8 Å². The fourth-order valence-electron chi connectivity index (χ4n) is 1.61. The van der Waals surface area contributed by atoms with E-state index in [-0.39, 0.29) is 17.3 Å². The highest BCUT2D eigenvalue weighted by molar-refractivity contribution is 5.36. The lowest BCUT2D eigenvalue weighted by Gasteiger charge is -2.20. The molecule has 2 nitrogen and oxygen atoms in total. The molecule has 0 amide bonds. The number of benzene rings is 1. The quantitative estimate of drug-likeness (QED) is 0.858. The molecule has 0 heterocycles. The molecule has 0 radical (unpaired) electrons. The maximum atomic E-state index is 13.3. The van der Waals surface area contributed by atoms with Crippen LogP contribution in [0, 0.1) is 11.2 Å². The van der Waals surface area contributed by atoms with Crippen molar-refractivity contribution in [1.82, 2.24) is 5.32 Å². The maximum absolute atomic E-state index is 13.3. The van der Waals surface area contributed by atoms with Gasteiger partial charge in [-0.15, -0.1) is 0 Å². The van der Waals surface area contributed by atoms with E-state index in [2.05, 4.69) is 26.1 Å². The molecule has 18 heavy (non-hydrogen) atoms. The second-order valence-corrected chi connectivity index (χ2v) is 5.85. The normalized spacial score (nSPS) is 13.4. The van der Waals surface area contributed by atoms with Gasteiger partial charge in [0.2, 0.25) is 0 Å². The number of nitrogens with one attached hydrogen (secondary N) is 1. The molecule has 102 valence electrons. The van der Waals surface area contributed by atoms with Gasteiger partial charge >= 0.3 is 0 Å². The van der Waals surface area contributed by atoms with Crippen LogP contribution in [0.4, 0.5) is 4.39 Å². The van der Waals surface area contributed by atoms with Crippen LogP contribution in [-0.4, -0.2) is 13.7 Å². The van der Waals surface area contributed by atoms with Crippen molar-refractivity contribution in [1.29, 1.82) is 0 Å². The predicted octanol–water partition coefficient (Wildman–Crippen LogP) is 3.92. The first-order valence-electron chi connectivity index (χ1n) is 6.43. The highest BCUT2D eigenvalue weighted by Gasteiger charge is 2.14. The van der Waals surface area contributed by atoms with Crippen molar-refractivity contribution in [2.75, 3.05) is 13.7 Å². The van der Waals surface area contributed by atoms with Crippen molar-refractivity contribution in [2.24, 2.45) is 5.41 Å². The van der Waals surface area contributed by atoms with Crippen LogP contribution < -0.4 is 10.1 Å². The van der Waals surface area contributed by atoms with E-state index in [0.29, 0.717) is 6.61 Å². The summed E-state index contributed by atoms with van der Waals surface area (Å²) in [5.41, 5.74) is 1.11. The van der Waals surface area contributed by atoms with E-state index in [1.54, 1.807) is 6.07 Å². The SMILES string of the molecule is CNC(C)c1cc(F)ccc1OCCC(C)(C)C. The van der Waals surface area contributed by atoms with Crippen LogP contribution in [0.3, 0.4) is 0 Å². The summed E-state index contributed by atoms with van der Waals surface area (Å²) in [7, 11) is 1.86. The Kier molecular flexibility index (Phi) is 5.15. The molecule has 0 bridgehead atoms. The summed E-state index contributed by atoms with van der Waals surface area (Å²) >= 11 is 0. The Morgan fingerprint density at radius 1 is 1.33 bits per heavy atom. The van der Waals surface area contributed by atoms with Gasteiger partial charge in [0, 0.05) is 11.6 Å². The first-order valence-corrected chi connectivity index (χ1v) is 6.43. The number of hydrogen-bond acceptors (Lipinski definition) is 2. The number of halogens is 1. The highest BCUT2D eigenvalue weighted by atomic mass is 19.1. The fourth-order valence-corrected chi connectivity index (χ4v) is 1.61. The zero-order valence-electron chi connectivity index (χ0n) is 12.0. The second kappa shape index (κ2) is 6.19. The minimum atomic E-state index is -0.227. The molecule has 0 aliphatic carbocycles. The summed E-state index contributed by atoms with van der Waals surface area (Å²) in [5.74, 6) is 0.540. The molecule has 1 aromatic rings. The summed E-state index contributed by atoms with van der Waals surface area (Å²) in [6, 6.07) is 4.76. The molecule has 0 aliphatic heterocycles. The minimum absolute atomic E-state index is 0.0744. The Labute approximate surface area is 110 Å². The molecular formula is C15H24FNO. The van der Waals surface area contributed by atoms with Gasteiger partial charge < -0.3 is 10.1 Å². The van der Waals surface area contributed by atoms with E-state index >= 15 is 0 Å². The largest absolute Gasteiger partial charge is 0.493 e. The van der Waals surface area contributed by atoms with Gasteiger partial charge in [-0.2, -0.15) is 0 Å². The zero-order valence-corrected chi connectivity index (χ0v) is 12.0. The summed E-state index contributed by atoms with van der Waals surface area (Å²) in [5, 5.41) is 3.11. The van der Waals surface area contributed by atoms with Crippen LogP contribution in [0.5, 0.6) is 5.75 Å². The number of ether oxygens (including phenoxy) is 1. The third-order valence-corrected chi connectivity index (χ3v) is 2.98. The predicted molar refractivity (Wildman–Crippen MR) is 73.4 cm³/mol. The zero-order chi connectivity index (χ0) is 13.8. The molecule has 0 saturated heterocycles. The van der Waals surface area contributed by atoms with E-state index in [1.807, 2.05) is 14.0 Å². The lowest BCUT2D eigenvalue weighted by molar-refractivity contribution is 0.240. The molecule has 1 unspecified atom stereocenters. The van der Waals surface area contributed by atoms with Crippen molar-refractivity contribution in [3.05, 3.63) is 29.6 Å². The van der Waals surface area contributed by atoms with Gasteiger partial charge in [0.15, 0.2) is 0 Å². The van der Waals surface area contributed by atoms with E-state index in [4.69, 9.17) is 4.74 Å². The van der Waals surface area contributed by atoms with Crippen molar-refractivity contribution in [3.63, 3.8) is 0 Å². The Balaban J connectivity index is 2.75. The van der Waals surface area contributed by atoms with E-state index < -0.39 is 0 Å². The lowest BCUT2D eigenvalue weighted by Crippen LogP contribution is -2.16. The van der Waals surface area contributed by atoms with Gasteiger partial charge in [0.25, 0.3) is 0 Å². The van der Waals surface area contributed by atoms with Crippen molar-refractivity contribution >= 4 is 0 Å². The minimum Gasteiger partial charge on any atom is -0.493 e. The van der Waals surface area contributed by atoms with E-state index in [1.165, 1.54) is 12.1 Å². The van der Waals surface area contributed by atoms with E-state index in [9.17, 15) is 4.39 Å². The van der Waals surface area contributed by atoms with Gasteiger partial charge in [-0.25, -0.2) is 4.39 Å². The smallest absolute Gasteiger partial charge is 0.124 e. The molecule has 0 aromatic heterocycles. The molecule has 0 spiro atoms. The van der Waals surface area contributed by atoms with Crippen LogP contribution in [0.15, 0.2) is 18.2 Å². The maximum Gasteiger partial charge on any atom is 0.124 e. The summed E-state index contributed by atoms with van der Waals surface area (Å²) in [6.45, 7) is 9.18. The van der Waals surface area contributed by atoms with Gasteiger partial charge in [0.05, 0.1) is 6.61 Å². The van der Waals surface area contributed by atoms with E-state index in [0.717, 1.165) is 17.7 Å². The van der Waals surface area contributed by atoms with Crippen LogP contribution in [-0.2, 0) is 0 Å². The van der Waals surface area contributed by atoms with Crippen LogP contribution in [0.2, 0.25) is 0 Å². The Hall–Kier alpha value is -1.09. The first kappa shape index (κ1) is 15.0. The summed E-state index contributed by atoms with van der Waals surface area (Å²) in [4.78, 5) is 0. The second-order valence-electron chi connectivity index (χ2n) is 5.85. The third-order valence-electron chi connectivity index (χ3n) is 2.98. The topological polar surface area (TPSA) is 21.3 Å². The van der Waals surface area contributed by atoms with Crippen LogP contribution in [0.1, 0.15) is 45.7 Å². The standard InChI is InChI=1S/C15H24FNO/c1-11(17-5)13-10-12(16)6-7-14(13)18-9-8-15(2,3)4/h6-7,10-11,17H,8-9H2,1-5H3. The molecule has 1 N–H and O–H groups in total. The van der Waals surface area contributed by atoms with Gasteiger partial charge in [-0.3, -0.25) is 0 Å². The Bertz CT molecular complexity index is 385. The van der Waals surface area contributed by atoms with Crippen molar-refractivity contribution in [2.45, 2.75) is 40.2 Å². The Morgan fingerprint density at radius 2 is 2.00 bits per heavy atom. The van der Waals surface area contributed by atoms with Crippen molar-refractivity contribution < 1.29 is 9.13 Å². The molecule has 0 fully saturated rings. The molecule has 0 saturated carbocycles. The monoisotopic (exact) mass is 253 g/mol. The molecule has 0 aliphatic rings. The number of rotatable bonds is 5. The van der Waals surface area contributed by atoms with Crippen LogP contribution >= 0.6 is 0 Å². The average molecular weight is 253 g/mol. The van der Waals surface area contributed by atoms with Gasteiger partial charge in [-0.05, 0) is 44.0 Å². The third kappa shape index (κ3) is 4.65. The fraction of sp³-hybridized carbons (Fsp3) is 0.600. The molecule has 3 heteroatoms.